The number of hydrogen-bond acceptors (Lipinski definition) is 6. The summed E-state index contributed by atoms with van der Waals surface area (Å²) in [5.74, 6) is 1.58. The standard InChI is InChI=1S/C21H22N4O3/c1-3-25(4-2)20-19(23-15-7-5-6-8-16(15)24-20)21(26)22-14-9-10-17-18(13-14)28-12-11-27-17/h5-10,13H,3-4,11-12H2,1-2H3,(H,22,26). The molecule has 0 fully saturated rings. The topological polar surface area (TPSA) is 76.6 Å². The molecule has 0 spiro atoms. The highest BCUT2D eigenvalue weighted by atomic mass is 16.6. The maximum Gasteiger partial charge on any atom is 0.278 e. The summed E-state index contributed by atoms with van der Waals surface area (Å²) in [7, 11) is 0. The number of fused-ring (bicyclic) bond motifs is 2. The molecule has 1 aromatic heterocycles. The Balaban J connectivity index is 1.70. The molecule has 4 rings (SSSR count). The average molecular weight is 378 g/mol. The molecular formula is C21H22N4O3. The molecule has 0 radical (unpaired) electrons. The van der Waals surface area contributed by atoms with Crippen molar-refractivity contribution in [2.24, 2.45) is 0 Å². The number of rotatable bonds is 5. The van der Waals surface area contributed by atoms with Crippen LogP contribution in [0, 0.1) is 0 Å². The highest BCUT2D eigenvalue weighted by Gasteiger charge is 2.21. The van der Waals surface area contributed by atoms with Crippen molar-refractivity contribution in [3.8, 4) is 11.5 Å². The second-order valence-electron chi connectivity index (χ2n) is 6.37. The number of ether oxygens (including phenoxy) is 2. The number of para-hydroxylation sites is 2. The number of benzene rings is 2. The van der Waals surface area contributed by atoms with Crippen molar-refractivity contribution in [3.63, 3.8) is 0 Å². The Labute approximate surface area is 163 Å². The molecule has 0 aliphatic carbocycles. The number of carbonyl (C=O) groups excluding carboxylic acids is 1. The fraction of sp³-hybridized carbons (Fsp3) is 0.286. The van der Waals surface area contributed by atoms with Gasteiger partial charge in [0.15, 0.2) is 23.0 Å². The number of amides is 1. The van der Waals surface area contributed by atoms with Gasteiger partial charge in [0.2, 0.25) is 0 Å². The van der Waals surface area contributed by atoms with Crippen molar-refractivity contribution in [2.75, 3.05) is 36.5 Å². The Morgan fingerprint density at radius 2 is 1.68 bits per heavy atom. The van der Waals surface area contributed by atoms with Crippen molar-refractivity contribution in [1.82, 2.24) is 9.97 Å². The molecule has 0 saturated heterocycles. The van der Waals surface area contributed by atoms with Gasteiger partial charge < -0.3 is 19.7 Å². The summed E-state index contributed by atoms with van der Waals surface area (Å²) in [5.41, 5.74) is 2.37. The van der Waals surface area contributed by atoms with Crippen molar-refractivity contribution in [2.45, 2.75) is 13.8 Å². The lowest BCUT2D eigenvalue weighted by molar-refractivity contribution is 0.102. The molecule has 1 aliphatic heterocycles. The number of hydrogen-bond donors (Lipinski definition) is 1. The molecule has 144 valence electrons. The van der Waals surface area contributed by atoms with Crippen LogP contribution in [0.25, 0.3) is 11.0 Å². The smallest absolute Gasteiger partial charge is 0.278 e. The summed E-state index contributed by atoms with van der Waals surface area (Å²) in [6, 6.07) is 12.9. The second-order valence-corrected chi connectivity index (χ2v) is 6.37. The number of carbonyl (C=O) groups is 1. The molecule has 28 heavy (non-hydrogen) atoms. The third kappa shape index (κ3) is 3.43. The SMILES string of the molecule is CCN(CC)c1nc2ccccc2nc1C(=O)Nc1ccc2c(c1)OCCO2. The molecule has 0 bridgehead atoms. The third-order valence-corrected chi connectivity index (χ3v) is 4.63. The maximum atomic E-state index is 13.1. The molecule has 0 unspecified atom stereocenters. The van der Waals surface area contributed by atoms with Crippen LogP contribution in [0.3, 0.4) is 0 Å². The average Bonchev–Trinajstić information content (AvgIpc) is 2.74. The summed E-state index contributed by atoms with van der Waals surface area (Å²) in [4.78, 5) is 24.4. The van der Waals surface area contributed by atoms with Crippen LogP contribution in [-0.4, -0.2) is 42.2 Å². The minimum atomic E-state index is -0.308. The van der Waals surface area contributed by atoms with E-state index in [2.05, 4.69) is 10.3 Å². The van der Waals surface area contributed by atoms with Crippen LogP contribution in [0.2, 0.25) is 0 Å². The lowest BCUT2D eigenvalue weighted by atomic mass is 10.2. The summed E-state index contributed by atoms with van der Waals surface area (Å²) >= 11 is 0. The lowest BCUT2D eigenvalue weighted by Gasteiger charge is -2.22. The van der Waals surface area contributed by atoms with E-state index in [1.165, 1.54) is 0 Å². The molecule has 1 N–H and O–H groups in total. The van der Waals surface area contributed by atoms with Gasteiger partial charge in [-0.1, -0.05) is 12.1 Å². The van der Waals surface area contributed by atoms with Gasteiger partial charge >= 0.3 is 0 Å². The van der Waals surface area contributed by atoms with Gasteiger partial charge in [-0.15, -0.1) is 0 Å². The zero-order valence-electron chi connectivity index (χ0n) is 15.9. The predicted octanol–water partition coefficient (Wildman–Crippen LogP) is 3.50. The first-order valence-corrected chi connectivity index (χ1v) is 9.42. The second kappa shape index (κ2) is 7.72. The molecule has 3 aromatic rings. The van der Waals surface area contributed by atoms with E-state index in [0.717, 1.165) is 18.6 Å². The normalized spacial score (nSPS) is 12.6. The van der Waals surface area contributed by atoms with Gasteiger partial charge in [0.25, 0.3) is 5.91 Å². The van der Waals surface area contributed by atoms with Crippen molar-refractivity contribution in [1.29, 1.82) is 0 Å². The maximum absolute atomic E-state index is 13.1. The van der Waals surface area contributed by atoms with Gasteiger partial charge in [0.05, 0.1) is 11.0 Å². The highest BCUT2D eigenvalue weighted by Crippen LogP contribution is 2.33. The van der Waals surface area contributed by atoms with Crippen LogP contribution < -0.4 is 19.7 Å². The Kier molecular flexibility index (Phi) is 4.97. The van der Waals surface area contributed by atoms with Crippen LogP contribution in [0.5, 0.6) is 11.5 Å². The molecule has 2 aromatic carbocycles. The first-order valence-electron chi connectivity index (χ1n) is 9.42. The zero-order chi connectivity index (χ0) is 19.5. The molecule has 1 aliphatic rings. The summed E-state index contributed by atoms with van der Waals surface area (Å²) in [5, 5.41) is 2.91. The van der Waals surface area contributed by atoms with Gasteiger partial charge in [-0.05, 0) is 38.1 Å². The first-order chi connectivity index (χ1) is 13.7. The van der Waals surface area contributed by atoms with Gasteiger partial charge in [0, 0.05) is 24.8 Å². The van der Waals surface area contributed by atoms with Crippen LogP contribution in [-0.2, 0) is 0 Å². The van der Waals surface area contributed by atoms with Crippen molar-refractivity contribution >= 4 is 28.4 Å². The molecule has 7 nitrogen and oxygen atoms in total. The van der Waals surface area contributed by atoms with E-state index in [9.17, 15) is 4.79 Å². The van der Waals surface area contributed by atoms with E-state index in [4.69, 9.17) is 14.5 Å². The fourth-order valence-electron chi connectivity index (χ4n) is 3.20. The van der Waals surface area contributed by atoms with Gasteiger partial charge in [-0.2, -0.15) is 0 Å². The van der Waals surface area contributed by atoms with Crippen LogP contribution in [0.1, 0.15) is 24.3 Å². The van der Waals surface area contributed by atoms with Crippen LogP contribution >= 0.6 is 0 Å². The van der Waals surface area contributed by atoms with Gasteiger partial charge in [-0.3, -0.25) is 4.79 Å². The van der Waals surface area contributed by atoms with Crippen LogP contribution in [0.4, 0.5) is 11.5 Å². The molecular weight excluding hydrogens is 356 g/mol. The summed E-state index contributed by atoms with van der Waals surface area (Å²) in [6.45, 7) is 6.54. The quantitative estimate of drug-likeness (QED) is 0.732. The van der Waals surface area contributed by atoms with E-state index in [1.807, 2.05) is 43.0 Å². The van der Waals surface area contributed by atoms with E-state index >= 15 is 0 Å². The Bertz CT molecular complexity index is 1020. The van der Waals surface area contributed by atoms with Crippen molar-refractivity contribution < 1.29 is 14.3 Å². The van der Waals surface area contributed by atoms with Crippen LogP contribution in [0.15, 0.2) is 42.5 Å². The van der Waals surface area contributed by atoms with E-state index in [1.54, 1.807) is 18.2 Å². The monoisotopic (exact) mass is 378 g/mol. The number of aromatic nitrogens is 2. The summed E-state index contributed by atoms with van der Waals surface area (Å²) in [6.07, 6.45) is 0. The summed E-state index contributed by atoms with van der Waals surface area (Å²) < 4.78 is 11.1. The highest BCUT2D eigenvalue weighted by molar-refractivity contribution is 6.07. The number of anilines is 2. The largest absolute Gasteiger partial charge is 0.486 e. The molecule has 0 saturated carbocycles. The Morgan fingerprint density at radius 1 is 1.00 bits per heavy atom. The third-order valence-electron chi connectivity index (χ3n) is 4.63. The minimum Gasteiger partial charge on any atom is -0.486 e. The minimum absolute atomic E-state index is 0.303. The zero-order valence-corrected chi connectivity index (χ0v) is 15.9. The number of nitrogens with one attached hydrogen (secondary N) is 1. The number of nitrogens with zero attached hydrogens (tertiary/aromatic N) is 3. The van der Waals surface area contributed by atoms with Crippen molar-refractivity contribution in [3.05, 3.63) is 48.2 Å². The molecule has 7 heteroatoms. The van der Waals surface area contributed by atoms with Gasteiger partial charge in [0.1, 0.15) is 13.2 Å². The van der Waals surface area contributed by atoms with E-state index in [0.29, 0.717) is 47.4 Å². The molecule has 1 amide bonds. The molecule has 2 heterocycles. The molecule has 0 atom stereocenters. The lowest BCUT2D eigenvalue weighted by Crippen LogP contribution is -2.28. The Morgan fingerprint density at radius 3 is 2.39 bits per heavy atom. The van der Waals surface area contributed by atoms with E-state index in [-0.39, 0.29) is 5.91 Å². The predicted molar refractivity (Wildman–Crippen MR) is 108 cm³/mol. The Hall–Kier alpha value is -3.35. The fourth-order valence-corrected chi connectivity index (χ4v) is 3.20. The van der Waals surface area contributed by atoms with Gasteiger partial charge in [-0.25, -0.2) is 9.97 Å². The van der Waals surface area contributed by atoms with E-state index < -0.39 is 0 Å². The first kappa shape index (κ1) is 18.0.